The lowest BCUT2D eigenvalue weighted by molar-refractivity contribution is -0.136. The van der Waals surface area contributed by atoms with Crippen molar-refractivity contribution in [1.82, 2.24) is 4.90 Å². The van der Waals surface area contributed by atoms with Crippen LogP contribution in [0.3, 0.4) is 0 Å². The van der Waals surface area contributed by atoms with E-state index in [1.807, 2.05) is 18.2 Å². The van der Waals surface area contributed by atoms with Gasteiger partial charge in [0.25, 0.3) is 0 Å². The van der Waals surface area contributed by atoms with Crippen molar-refractivity contribution in [2.24, 2.45) is 11.8 Å². The minimum atomic E-state index is 0.0951. The Labute approximate surface area is 110 Å². The van der Waals surface area contributed by atoms with E-state index in [9.17, 15) is 4.79 Å². The molecule has 0 aliphatic carbocycles. The third kappa shape index (κ3) is 3.34. The molecule has 1 aromatic carbocycles. The summed E-state index contributed by atoms with van der Waals surface area (Å²) in [7, 11) is 0. The number of rotatable bonds is 3. The second-order valence-corrected chi connectivity index (χ2v) is 5.62. The Bertz CT molecular complexity index is 387. The van der Waals surface area contributed by atoms with Gasteiger partial charge >= 0.3 is 0 Å². The highest BCUT2D eigenvalue weighted by Crippen LogP contribution is 2.19. The first-order chi connectivity index (χ1) is 8.66. The summed E-state index contributed by atoms with van der Waals surface area (Å²) >= 11 is 0. The van der Waals surface area contributed by atoms with Crippen LogP contribution in [0.25, 0.3) is 0 Å². The second kappa shape index (κ2) is 6.03. The van der Waals surface area contributed by atoms with Gasteiger partial charge in [-0.05, 0) is 30.7 Å². The van der Waals surface area contributed by atoms with Crippen molar-refractivity contribution in [2.75, 3.05) is 13.1 Å². The number of carbonyl (C=O) groups is 1. The number of amides is 1. The first-order valence-corrected chi connectivity index (χ1v) is 6.99. The zero-order valence-electron chi connectivity index (χ0n) is 11.4. The first-order valence-electron chi connectivity index (χ1n) is 6.99. The zero-order valence-corrected chi connectivity index (χ0v) is 11.4. The minimum absolute atomic E-state index is 0.0951. The topological polar surface area (TPSA) is 20.3 Å². The third-order valence-corrected chi connectivity index (χ3v) is 3.77. The van der Waals surface area contributed by atoms with Gasteiger partial charge < -0.3 is 4.90 Å². The fraction of sp³-hybridized carbons (Fsp3) is 0.562. The molecule has 1 aromatic rings. The number of carbonyl (C=O) groups excluding carboxylic acids is 1. The standard InChI is InChI=1S/C16H23NO/c1-13-7-6-10-17(12-13)16(18)14(2)11-15-8-4-3-5-9-15/h3-5,8-9,13-14H,6-7,10-12H2,1-2H3. The minimum Gasteiger partial charge on any atom is -0.342 e. The van der Waals surface area contributed by atoms with E-state index in [4.69, 9.17) is 0 Å². The van der Waals surface area contributed by atoms with E-state index >= 15 is 0 Å². The Morgan fingerprint density at radius 3 is 2.78 bits per heavy atom. The van der Waals surface area contributed by atoms with Crippen LogP contribution in [0, 0.1) is 11.8 Å². The molecule has 2 rings (SSSR count). The molecular weight excluding hydrogens is 222 g/mol. The van der Waals surface area contributed by atoms with Crippen molar-refractivity contribution >= 4 is 5.91 Å². The normalized spacial score (nSPS) is 21.7. The lowest BCUT2D eigenvalue weighted by atomic mass is 9.96. The number of piperidine rings is 1. The van der Waals surface area contributed by atoms with Gasteiger partial charge in [-0.15, -0.1) is 0 Å². The predicted octanol–water partition coefficient (Wildman–Crippen LogP) is 3.12. The van der Waals surface area contributed by atoms with Gasteiger partial charge in [0.05, 0.1) is 0 Å². The van der Waals surface area contributed by atoms with Gasteiger partial charge in [-0.1, -0.05) is 44.2 Å². The van der Waals surface area contributed by atoms with Crippen LogP contribution >= 0.6 is 0 Å². The average Bonchev–Trinajstić information content (AvgIpc) is 2.39. The molecule has 2 heteroatoms. The van der Waals surface area contributed by atoms with Crippen molar-refractivity contribution in [3.05, 3.63) is 35.9 Å². The van der Waals surface area contributed by atoms with Gasteiger partial charge in [0.1, 0.15) is 0 Å². The summed E-state index contributed by atoms with van der Waals surface area (Å²) in [6.45, 7) is 6.18. The van der Waals surface area contributed by atoms with E-state index in [2.05, 4.69) is 30.9 Å². The number of nitrogens with zero attached hydrogens (tertiary/aromatic N) is 1. The lowest BCUT2D eigenvalue weighted by Gasteiger charge is -2.32. The summed E-state index contributed by atoms with van der Waals surface area (Å²) in [5.41, 5.74) is 1.25. The fourth-order valence-electron chi connectivity index (χ4n) is 2.76. The summed E-state index contributed by atoms with van der Waals surface area (Å²) in [5.74, 6) is 1.08. The maximum absolute atomic E-state index is 12.4. The Morgan fingerprint density at radius 1 is 1.39 bits per heavy atom. The molecule has 0 radical (unpaired) electrons. The van der Waals surface area contributed by atoms with E-state index in [0.717, 1.165) is 25.9 Å². The molecule has 2 unspecified atom stereocenters. The molecule has 0 N–H and O–H groups in total. The van der Waals surface area contributed by atoms with Crippen LogP contribution in [0.4, 0.5) is 0 Å². The molecule has 1 amide bonds. The van der Waals surface area contributed by atoms with Crippen LogP contribution in [0.5, 0.6) is 0 Å². The van der Waals surface area contributed by atoms with E-state index < -0.39 is 0 Å². The Kier molecular flexibility index (Phi) is 4.40. The van der Waals surface area contributed by atoms with Gasteiger partial charge in [0.2, 0.25) is 5.91 Å². The quantitative estimate of drug-likeness (QED) is 0.801. The number of hydrogen-bond donors (Lipinski definition) is 0. The third-order valence-electron chi connectivity index (χ3n) is 3.77. The average molecular weight is 245 g/mol. The molecule has 1 heterocycles. The van der Waals surface area contributed by atoms with Crippen LogP contribution in [0.1, 0.15) is 32.3 Å². The van der Waals surface area contributed by atoms with E-state index in [-0.39, 0.29) is 5.92 Å². The Hall–Kier alpha value is -1.31. The van der Waals surface area contributed by atoms with Gasteiger partial charge in [0.15, 0.2) is 0 Å². The summed E-state index contributed by atoms with van der Waals surface area (Å²) in [6.07, 6.45) is 3.27. The Balaban J connectivity index is 1.92. The molecule has 1 aliphatic heterocycles. The molecule has 0 bridgehead atoms. The van der Waals surface area contributed by atoms with Crippen molar-refractivity contribution in [3.63, 3.8) is 0 Å². The molecule has 1 aliphatic rings. The molecular formula is C16H23NO. The summed E-state index contributed by atoms with van der Waals surface area (Å²) in [5, 5.41) is 0. The van der Waals surface area contributed by atoms with Gasteiger partial charge in [-0.25, -0.2) is 0 Å². The second-order valence-electron chi connectivity index (χ2n) is 5.62. The van der Waals surface area contributed by atoms with Crippen LogP contribution in [-0.2, 0) is 11.2 Å². The molecule has 2 atom stereocenters. The van der Waals surface area contributed by atoms with Crippen molar-refractivity contribution in [1.29, 1.82) is 0 Å². The van der Waals surface area contributed by atoms with Gasteiger partial charge in [-0.3, -0.25) is 4.79 Å². The molecule has 0 aromatic heterocycles. The van der Waals surface area contributed by atoms with Crippen LogP contribution in [0.2, 0.25) is 0 Å². The Morgan fingerprint density at radius 2 is 2.11 bits per heavy atom. The molecule has 1 fully saturated rings. The maximum atomic E-state index is 12.4. The SMILES string of the molecule is CC1CCCN(C(=O)C(C)Cc2ccccc2)C1. The lowest BCUT2D eigenvalue weighted by Crippen LogP contribution is -2.42. The molecule has 18 heavy (non-hydrogen) atoms. The summed E-state index contributed by atoms with van der Waals surface area (Å²) in [4.78, 5) is 14.4. The predicted molar refractivity (Wildman–Crippen MR) is 74.3 cm³/mol. The highest BCUT2D eigenvalue weighted by atomic mass is 16.2. The van der Waals surface area contributed by atoms with Gasteiger partial charge in [0, 0.05) is 19.0 Å². The summed E-state index contributed by atoms with van der Waals surface area (Å²) in [6, 6.07) is 10.3. The fourth-order valence-corrected chi connectivity index (χ4v) is 2.76. The van der Waals surface area contributed by atoms with Crippen molar-refractivity contribution in [3.8, 4) is 0 Å². The number of likely N-dealkylation sites (tertiary alicyclic amines) is 1. The molecule has 0 spiro atoms. The zero-order chi connectivity index (χ0) is 13.0. The first kappa shape index (κ1) is 13.1. The largest absolute Gasteiger partial charge is 0.342 e. The highest BCUT2D eigenvalue weighted by molar-refractivity contribution is 5.78. The van der Waals surface area contributed by atoms with Crippen molar-refractivity contribution < 1.29 is 4.79 Å². The molecule has 2 nitrogen and oxygen atoms in total. The number of hydrogen-bond acceptors (Lipinski definition) is 1. The van der Waals surface area contributed by atoms with Gasteiger partial charge in [-0.2, -0.15) is 0 Å². The van der Waals surface area contributed by atoms with Crippen molar-refractivity contribution in [2.45, 2.75) is 33.1 Å². The van der Waals surface area contributed by atoms with Crippen LogP contribution < -0.4 is 0 Å². The highest BCUT2D eigenvalue weighted by Gasteiger charge is 2.24. The van der Waals surface area contributed by atoms with Crippen LogP contribution in [0.15, 0.2) is 30.3 Å². The molecule has 1 saturated heterocycles. The summed E-state index contributed by atoms with van der Waals surface area (Å²) < 4.78 is 0. The molecule has 98 valence electrons. The maximum Gasteiger partial charge on any atom is 0.225 e. The van der Waals surface area contributed by atoms with E-state index in [1.54, 1.807) is 0 Å². The van der Waals surface area contributed by atoms with E-state index in [0.29, 0.717) is 11.8 Å². The number of benzene rings is 1. The monoisotopic (exact) mass is 245 g/mol. The smallest absolute Gasteiger partial charge is 0.225 e. The molecule has 0 saturated carbocycles. The van der Waals surface area contributed by atoms with E-state index in [1.165, 1.54) is 12.0 Å². The van der Waals surface area contributed by atoms with Crippen LogP contribution in [-0.4, -0.2) is 23.9 Å².